The predicted octanol–water partition coefficient (Wildman–Crippen LogP) is 5.96. The zero-order valence-electron chi connectivity index (χ0n) is 24.4. The van der Waals surface area contributed by atoms with Crippen LogP contribution in [-0.4, -0.2) is 62.3 Å². The summed E-state index contributed by atoms with van der Waals surface area (Å²) in [7, 11) is 2.87. The highest BCUT2D eigenvalue weighted by Crippen LogP contribution is 2.41. The van der Waals surface area contributed by atoms with E-state index in [1.165, 1.54) is 12.0 Å². The summed E-state index contributed by atoms with van der Waals surface area (Å²) in [5.74, 6) is -0.943. The molecule has 4 bridgehead atoms. The molecule has 0 aromatic heterocycles. The third-order valence-electron chi connectivity index (χ3n) is 7.88. The van der Waals surface area contributed by atoms with Gasteiger partial charge in [0.2, 0.25) is 5.91 Å². The Morgan fingerprint density at radius 1 is 1.10 bits per heavy atom. The van der Waals surface area contributed by atoms with Gasteiger partial charge in [-0.25, -0.2) is 9.59 Å². The van der Waals surface area contributed by atoms with E-state index in [1.54, 1.807) is 7.11 Å². The minimum absolute atomic E-state index is 0.107. The van der Waals surface area contributed by atoms with E-state index in [0.29, 0.717) is 11.4 Å². The van der Waals surface area contributed by atoms with E-state index in [1.807, 2.05) is 63.2 Å². The Labute approximate surface area is 247 Å². The lowest BCUT2D eigenvalue weighted by Crippen LogP contribution is -2.57. The standard InChI is InChI=1S/C32H39ClN2O6/c1-31(2,3)27-28(36)35-20-32(40-5,19-26(35)29(37)39-4)23-14-11-22(12-15-23)25-18-24(33)16-13-21(25)10-8-6-7-9-17-41-30(38)34-27/h8,10-16,18,26-27H,6-7,9,17,19-20H2,1-5H3,(H,34,38)/b10-8+/t26-,27+,32-/m0/s1. The molecular weight excluding hydrogens is 544 g/mol. The Kier molecular flexibility index (Phi) is 9.44. The predicted molar refractivity (Wildman–Crippen MR) is 158 cm³/mol. The number of methoxy groups -OCH3 is 2. The van der Waals surface area contributed by atoms with Crippen molar-refractivity contribution in [3.8, 4) is 11.1 Å². The Bertz CT molecular complexity index is 1300. The van der Waals surface area contributed by atoms with E-state index in [9.17, 15) is 14.4 Å². The van der Waals surface area contributed by atoms with Gasteiger partial charge in [0.15, 0.2) is 0 Å². The molecule has 3 aliphatic rings. The van der Waals surface area contributed by atoms with Crippen LogP contribution in [0.5, 0.6) is 0 Å². The van der Waals surface area contributed by atoms with Crippen LogP contribution < -0.4 is 5.32 Å². The SMILES string of the molecule is COC(=O)[C@@H]1C[C@]2(OC)CN1C(=O)[C@H](C(C)(C)C)NC(=O)OCCCC/C=C/c1ccc(Cl)cc1-c1ccc2cc1. The van der Waals surface area contributed by atoms with Crippen LogP contribution in [-0.2, 0) is 29.4 Å². The van der Waals surface area contributed by atoms with E-state index < -0.39 is 41.1 Å². The first-order valence-corrected chi connectivity index (χ1v) is 14.3. The summed E-state index contributed by atoms with van der Waals surface area (Å²) in [6, 6.07) is 11.9. The minimum Gasteiger partial charge on any atom is -0.467 e. The lowest BCUT2D eigenvalue weighted by molar-refractivity contribution is -0.152. The number of hydrogen-bond acceptors (Lipinski definition) is 6. The van der Waals surface area contributed by atoms with Crippen LogP contribution >= 0.6 is 11.6 Å². The second-order valence-corrected chi connectivity index (χ2v) is 12.1. The highest BCUT2D eigenvalue weighted by Gasteiger charge is 2.53. The van der Waals surface area contributed by atoms with Crippen molar-refractivity contribution in [2.75, 3.05) is 27.4 Å². The molecule has 2 aromatic rings. The van der Waals surface area contributed by atoms with E-state index in [2.05, 4.69) is 17.5 Å². The molecule has 0 saturated carbocycles. The van der Waals surface area contributed by atoms with E-state index in [0.717, 1.165) is 35.1 Å². The first-order chi connectivity index (χ1) is 19.5. The number of nitrogens with zero attached hydrogens (tertiary/aromatic N) is 1. The number of esters is 1. The van der Waals surface area contributed by atoms with Crippen LogP contribution in [0.15, 0.2) is 48.5 Å². The topological polar surface area (TPSA) is 94.2 Å². The minimum atomic E-state index is -0.964. The number of ether oxygens (including phenoxy) is 3. The Morgan fingerprint density at radius 2 is 1.83 bits per heavy atom. The molecule has 8 nitrogen and oxygen atoms in total. The smallest absolute Gasteiger partial charge is 0.407 e. The molecule has 3 atom stereocenters. The summed E-state index contributed by atoms with van der Waals surface area (Å²) in [4.78, 5) is 41.3. The van der Waals surface area contributed by atoms with Crippen molar-refractivity contribution in [1.29, 1.82) is 0 Å². The summed E-state index contributed by atoms with van der Waals surface area (Å²) < 4.78 is 16.6. The van der Waals surface area contributed by atoms with Gasteiger partial charge in [-0.2, -0.15) is 0 Å². The first-order valence-electron chi connectivity index (χ1n) is 13.9. The number of rotatable bonds is 2. The normalized spacial score (nSPS) is 24.7. The molecule has 9 heteroatoms. The number of benzene rings is 2. The van der Waals surface area contributed by atoms with Gasteiger partial charge in [0.05, 0.1) is 20.3 Å². The fourth-order valence-electron chi connectivity index (χ4n) is 5.52. The number of fused-ring (bicyclic) bond motifs is 11. The van der Waals surface area contributed by atoms with Crippen molar-refractivity contribution >= 4 is 35.6 Å². The maximum absolute atomic E-state index is 14.1. The second kappa shape index (κ2) is 12.7. The fraction of sp³-hybridized carbons (Fsp3) is 0.469. The Hall–Kier alpha value is -3.36. The van der Waals surface area contributed by atoms with Gasteiger partial charge >= 0.3 is 12.1 Å². The van der Waals surface area contributed by atoms with E-state index in [4.69, 9.17) is 25.8 Å². The maximum Gasteiger partial charge on any atom is 0.407 e. The summed E-state index contributed by atoms with van der Waals surface area (Å²) in [6.45, 7) is 5.91. The molecule has 2 amide bonds. The van der Waals surface area contributed by atoms with Gasteiger partial charge in [-0.05, 0) is 59.1 Å². The molecule has 0 radical (unpaired) electrons. The molecule has 5 rings (SSSR count). The Balaban J connectivity index is 1.79. The highest BCUT2D eigenvalue weighted by molar-refractivity contribution is 6.31. The average molecular weight is 583 g/mol. The van der Waals surface area contributed by atoms with Gasteiger partial charge in [-0.15, -0.1) is 0 Å². The molecule has 1 N–H and O–H groups in total. The number of alkyl carbamates (subject to hydrolysis) is 1. The molecule has 220 valence electrons. The molecule has 1 saturated heterocycles. The zero-order valence-corrected chi connectivity index (χ0v) is 25.1. The van der Waals surface area contributed by atoms with Crippen LogP contribution in [0.3, 0.4) is 0 Å². The number of carbonyl (C=O) groups is 3. The second-order valence-electron chi connectivity index (χ2n) is 11.7. The van der Waals surface area contributed by atoms with Crippen molar-refractivity contribution in [2.45, 2.75) is 64.1 Å². The molecule has 1 fully saturated rings. The number of carbonyl (C=O) groups excluding carboxylic acids is 3. The van der Waals surface area contributed by atoms with E-state index >= 15 is 0 Å². The summed E-state index contributed by atoms with van der Waals surface area (Å²) in [5.41, 5.74) is 2.20. The van der Waals surface area contributed by atoms with E-state index in [-0.39, 0.29) is 19.6 Å². The number of amides is 2. The number of allylic oxidation sites excluding steroid dienone is 1. The molecule has 3 heterocycles. The molecule has 3 aliphatic heterocycles. The molecule has 0 spiro atoms. The molecule has 0 unspecified atom stereocenters. The van der Waals surface area contributed by atoms with Crippen LogP contribution in [0.4, 0.5) is 4.79 Å². The molecule has 0 aliphatic carbocycles. The van der Waals surface area contributed by atoms with Crippen molar-refractivity contribution in [2.24, 2.45) is 5.41 Å². The summed E-state index contributed by atoms with van der Waals surface area (Å²) >= 11 is 6.37. The maximum atomic E-state index is 14.1. The quantitative estimate of drug-likeness (QED) is 0.439. The third kappa shape index (κ3) is 6.76. The zero-order chi connectivity index (χ0) is 29.8. The van der Waals surface area contributed by atoms with Crippen molar-refractivity contribution in [1.82, 2.24) is 10.2 Å². The van der Waals surface area contributed by atoms with Gasteiger partial charge in [-0.1, -0.05) is 74.9 Å². The van der Waals surface area contributed by atoms with Crippen LogP contribution in [0.25, 0.3) is 17.2 Å². The lowest BCUT2D eigenvalue weighted by atomic mass is 9.85. The fourth-order valence-corrected chi connectivity index (χ4v) is 5.69. The summed E-state index contributed by atoms with van der Waals surface area (Å²) in [5, 5.41) is 3.40. The van der Waals surface area contributed by atoms with Crippen molar-refractivity contribution in [3.05, 3.63) is 64.7 Å². The number of halogens is 1. The van der Waals surface area contributed by atoms with Gasteiger partial charge in [0.1, 0.15) is 17.7 Å². The summed E-state index contributed by atoms with van der Waals surface area (Å²) in [6.07, 6.45) is 6.04. The van der Waals surface area contributed by atoms with Gasteiger partial charge in [0.25, 0.3) is 0 Å². The monoisotopic (exact) mass is 582 g/mol. The van der Waals surface area contributed by atoms with Crippen molar-refractivity contribution in [3.63, 3.8) is 0 Å². The van der Waals surface area contributed by atoms with Gasteiger partial charge in [-0.3, -0.25) is 4.79 Å². The van der Waals surface area contributed by atoms with Gasteiger partial charge < -0.3 is 24.4 Å². The van der Waals surface area contributed by atoms with Crippen LogP contribution in [0.1, 0.15) is 57.6 Å². The molecular formula is C32H39ClN2O6. The first kappa shape index (κ1) is 30.6. The Morgan fingerprint density at radius 3 is 2.49 bits per heavy atom. The highest BCUT2D eigenvalue weighted by atomic mass is 35.5. The lowest BCUT2D eigenvalue weighted by Gasteiger charge is -2.35. The molecule has 41 heavy (non-hydrogen) atoms. The largest absolute Gasteiger partial charge is 0.467 e. The van der Waals surface area contributed by atoms with Crippen molar-refractivity contribution < 1.29 is 28.6 Å². The number of nitrogens with one attached hydrogen (secondary N) is 1. The average Bonchev–Trinajstić information content (AvgIpc) is 3.36. The van der Waals surface area contributed by atoms with Crippen LogP contribution in [0, 0.1) is 5.41 Å². The van der Waals surface area contributed by atoms with Gasteiger partial charge in [0, 0.05) is 18.6 Å². The van der Waals surface area contributed by atoms with Crippen LogP contribution in [0.2, 0.25) is 5.02 Å². The number of hydrogen-bond donors (Lipinski definition) is 1. The molecule has 2 aromatic carbocycles. The third-order valence-corrected chi connectivity index (χ3v) is 8.12.